The smallest absolute Gasteiger partial charge is 0.410 e. The molecule has 2 heterocycles. The molecule has 33 heavy (non-hydrogen) atoms. The third kappa shape index (κ3) is 6.03. The van der Waals surface area contributed by atoms with Gasteiger partial charge in [0.15, 0.2) is 5.82 Å². The van der Waals surface area contributed by atoms with Gasteiger partial charge in [-0.3, -0.25) is 10.1 Å². The Morgan fingerprint density at radius 1 is 1.15 bits per heavy atom. The number of carbonyl (C=O) groups excluding carboxylic acids is 2. The normalized spacial score (nSPS) is 20.0. The summed E-state index contributed by atoms with van der Waals surface area (Å²) in [5, 5.41) is 18.0. The van der Waals surface area contributed by atoms with Gasteiger partial charge < -0.3 is 24.6 Å². The molecule has 4 rings (SSSR count). The van der Waals surface area contributed by atoms with Crippen LogP contribution in [0, 0.1) is 12.8 Å². The number of aryl methyl sites for hydroxylation is 1. The second-order valence-electron chi connectivity index (χ2n) is 8.68. The summed E-state index contributed by atoms with van der Waals surface area (Å²) < 4.78 is 10.6. The molecule has 0 bridgehead atoms. The van der Waals surface area contributed by atoms with E-state index in [9.17, 15) is 14.4 Å². The van der Waals surface area contributed by atoms with E-state index in [4.69, 9.17) is 14.4 Å². The van der Waals surface area contributed by atoms with Gasteiger partial charge in [0.1, 0.15) is 11.9 Å². The second kappa shape index (κ2) is 9.93. The van der Waals surface area contributed by atoms with Gasteiger partial charge in [0, 0.05) is 31.3 Å². The Labute approximate surface area is 191 Å². The minimum absolute atomic E-state index is 0.150. The number of carboxylic acid groups (broad SMARTS) is 1. The van der Waals surface area contributed by atoms with Crippen molar-refractivity contribution in [3.05, 3.63) is 41.2 Å². The maximum absolute atomic E-state index is 12.7. The molecule has 1 aromatic carbocycles. The van der Waals surface area contributed by atoms with Crippen LogP contribution in [0.15, 0.2) is 28.8 Å². The number of aromatic nitrogens is 1. The first-order chi connectivity index (χ1) is 15.9. The topological polar surface area (TPSA) is 134 Å². The van der Waals surface area contributed by atoms with Crippen molar-refractivity contribution in [1.82, 2.24) is 10.1 Å². The molecule has 10 heteroatoms. The highest BCUT2D eigenvalue weighted by atomic mass is 16.6. The van der Waals surface area contributed by atoms with Crippen molar-refractivity contribution in [1.29, 1.82) is 0 Å². The Bertz CT molecular complexity index is 1030. The lowest BCUT2D eigenvalue weighted by Crippen LogP contribution is -2.39. The fraction of sp³-hybridized carbons (Fsp3) is 0.478. The van der Waals surface area contributed by atoms with E-state index in [-0.39, 0.29) is 24.5 Å². The molecule has 1 saturated carbocycles. The van der Waals surface area contributed by atoms with E-state index in [0.29, 0.717) is 49.6 Å². The molecule has 0 saturated heterocycles. The molecule has 0 radical (unpaired) electrons. The van der Waals surface area contributed by atoms with Gasteiger partial charge >= 0.3 is 18.1 Å². The Hall–Kier alpha value is -3.56. The predicted octanol–water partition coefficient (Wildman–Crippen LogP) is 4.16. The van der Waals surface area contributed by atoms with Gasteiger partial charge in [0.2, 0.25) is 0 Å². The van der Waals surface area contributed by atoms with Crippen LogP contribution >= 0.6 is 0 Å². The highest BCUT2D eigenvalue weighted by Gasteiger charge is 2.28. The molecule has 0 spiro atoms. The summed E-state index contributed by atoms with van der Waals surface area (Å²) in [7, 11) is 0. The van der Waals surface area contributed by atoms with Crippen LogP contribution in [0.3, 0.4) is 0 Å². The first kappa shape index (κ1) is 22.6. The lowest BCUT2D eigenvalue weighted by Gasteiger charge is -2.32. The summed E-state index contributed by atoms with van der Waals surface area (Å²) in [6.07, 6.45) is 3.32. The minimum atomic E-state index is -0.772. The number of benzene rings is 1. The quantitative estimate of drug-likeness (QED) is 0.615. The van der Waals surface area contributed by atoms with Gasteiger partial charge in [-0.15, -0.1) is 0 Å². The number of anilines is 2. The van der Waals surface area contributed by atoms with Crippen molar-refractivity contribution < 1.29 is 28.8 Å². The van der Waals surface area contributed by atoms with E-state index in [0.717, 1.165) is 24.0 Å². The molecule has 2 aromatic rings. The molecule has 1 aliphatic carbocycles. The van der Waals surface area contributed by atoms with Crippen LogP contribution < -0.4 is 10.6 Å². The van der Waals surface area contributed by atoms with Crippen LogP contribution in [0.4, 0.5) is 21.1 Å². The van der Waals surface area contributed by atoms with Crippen LogP contribution in [-0.2, 0) is 22.5 Å². The number of amides is 3. The zero-order chi connectivity index (χ0) is 23.4. The number of urea groups is 1. The fourth-order valence-corrected chi connectivity index (χ4v) is 4.41. The molecule has 2 aliphatic rings. The van der Waals surface area contributed by atoms with Gasteiger partial charge in [0.25, 0.3) is 0 Å². The summed E-state index contributed by atoms with van der Waals surface area (Å²) in [5.74, 6) is 0.344. The number of fused-ring (bicyclic) bond motifs is 1. The number of rotatable bonds is 5. The third-order valence-electron chi connectivity index (χ3n) is 6.13. The molecule has 3 amide bonds. The van der Waals surface area contributed by atoms with Crippen molar-refractivity contribution >= 4 is 29.6 Å². The lowest BCUT2D eigenvalue weighted by molar-refractivity contribution is -0.138. The van der Waals surface area contributed by atoms with E-state index in [1.165, 1.54) is 0 Å². The average Bonchev–Trinajstić information content (AvgIpc) is 3.18. The number of ether oxygens (including phenoxy) is 1. The SMILES string of the molecule is Cc1cc(NC(=O)Nc2ccc3c(c2)CCN(C(=O)O[C@H]2CC[C@H](CC(=O)O)CC2)C3)no1. The zero-order valence-electron chi connectivity index (χ0n) is 18.5. The number of hydrogen-bond acceptors (Lipinski definition) is 6. The van der Waals surface area contributed by atoms with Crippen molar-refractivity contribution in [3.63, 3.8) is 0 Å². The summed E-state index contributed by atoms with van der Waals surface area (Å²) in [5.41, 5.74) is 2.74. The lowest BCUT2D eigenvalue weighted by atomic mass is 9.85. The molecule has 10 nitrogen and oxygen atoms in total. The Balaban J connectivity index is 1.27. The van der Waals surface area contributed by atoms with Crippen molar-refractivity contribution in [2.45, 2.75) is 58.1 Å². The van der Waals surface area contributed by atoms with E-state index >= 15 is 0 Å². The van der Waals surface area contributed by atoms with Gasteiger partial charge in [-0.1, -0.05) is 11.2 Å². The molecular weight excluding hydrogens is 428 g/mol. The monoisotopic (exact) mass is 456 g/mol. The molecule has 176 valence electrons. The average molecular weight is 456 g/mol. The third-order valence-corrected chi connectivity index (χ3v) is 6.13. The van der Waals surface area contributed by atoms with Crippen LogP contribution in [0.25, 0.3) is 0 Å². The van der Waals surface area contributed by atoms with Gasteiger partial charge in [0.05, 0.1) is 0 Å². The Morgan fingerprint density at radius 3 is 2.64 bits per heavy atom. The van der Waals surface area contributed by atoms with E-state index in [1.807, 2.05) is 12.1 Å². The van der Waals surface area contributed by atoms with E-state index in [1.54, 1.807) is 24.0 Å². The van der Waals surface area contributed by atoms with Crippen molar-refractivity contribution in [2.75, 3.05) is 17.2 Å². The first-order valence-corrected chi connectivity index (χ1v) is 11.2. The standard InChI is InChI=1S/C23H28N4O6/c1-14-10-20(26-33-14)25-22(30)24-18-5-4-17-13-27(9-8-16(17)12-18)23(31)32-19-6-2-15(3-7-19)11-21(28)29/h4-5,10,12,15,19H,2-3,6-9,11,13H2,1H3,(H,28,29)(H2,24,25,26,30)/t15-,19-. The highest BCUT2D eigenvalue weighted by Crippen LogP contribution is 2.30. The maximum Gasteiger partial charge on any atom is 0.410 e. The number of nitrogens with zero attached hydrogens (tertiary/aromatic N) is 2. The van der Waals surface area contributed by atoms with Crippen molar-refractivity contribution in [3.8, 4) is 0 Å². The van der Waals surface area contributed by atoms with Crippen LogP contribution in [-0.4, -0.2) is 45.9 Å². The van der Waals surface area contributed by atoms with E-state index in [2.05, 4.69) is 15.8 Å². The molecular formula is C23H28N4O6. The van der Waals surface area contributed by atoms with Gasteiger partial charge in [-0.25, -0.2) is 9.59 Å². The number of carboxylic acids is 1. The Kier molecular flexibility index (Phi) is 6.81. The molecule has 1 aromatic heterocycles. The largest absolute Gasteiger partial charge is 0.481 e. The summed E-state index contributed by atoms with van der Waals surface area (Å²) >= 11 is 0. The van der Waals surface area contributed by atoms with E-state index < -0.39 is 12.0 Å². The zero-order valence-corrected chi connectivity index (χ0v) is 18.5. The van der Waals surface area contributed by atoms with Crippen LogP contribution in [0.2, 0.25) is 0 Å². The molecule has 3 N–H and O–H groups in total. The fourth-order valence-electron chi connectivity index (χ4n) is 4.41. The van der Waals surface area contributed by atoms with Crippen LogP contribution in [0.1, 0.15) is 49.0 Å². The minimum Gasteiger partial charge on any atom is -0.481 e. The van der Waals surface area contributed by atoms with Crippen LogP contribution in [0.5, 0.6) is 0 Å². The van der Waals surface area contributed by atoms with Crippen molar-refractivity contribution in [2.24, 2.45) is 5.92 Å². The summed E-state index contributed by atoms with van der Waals surface area (Å²) in [6, 6.07) is 6.83. The highest BCUT2D eigenvalue weighted by molar-refractivity contribution is 5.99. The number of carbonyl (C=O) groups is 3. The second-order valence-corrected chi connectivity index (χ2v) is 8.68. The number of aliphatic carboxylic acids is 1. The van der Waals surface area contributed by atoms with Gasteiger partial charge in [-0.05, 0) is 68.2 Å². The summed E-state index contributed by atoms with van der Waals surface area (Å²) in [6.45, 7) is 2.73. The molecule has 1 aliphatic heterocycles. The molecule has 1 fully saturated rings. The maximum atomic E-state index is 12.7. The van der Waals surface area contributed by atoms with Gasteiger partial charge in [-0.2, -0.15) is 0 Å². The number of nitrogens with one attached hydrogen (secondary N) is 2. The number of hydrogen-bond donors (Lipinski definition) is 3. The molecule has 0 atom stereocenters. The molecule has 0 unspecified atom stereocenters. The Morgan fingerprint density at radius 2 is 1.94 bits per heavy atom. The predicted molar refractivity (Wildman–Crippen MR) is 119 cm³/mol. The first-order valence-electron chi connectivity index (χ1n) is 11.2. The summed E-state index contributed by atoms with van der Waals surface area (Å²) in [4.78, 5) is 37.4.